The largest absolute Gasteiger partial charge is 0.310 e. The molecule has 1 unspecified atom stereocenters. The van der Waals surface area contributed by atoms with Gasteiger partial charge < -0.3 is 5.32 Å². The zero-order valence-electron chi connectivity index (χ0n) is 12.7. The lowest BCUT2D eigenvalue weighted by atomic mass is 9.93. The molecule has 0 bridgehead atoms. The van der Waals surface area contributed by atoms with E-state index in [0.29, 0.717) is 6.42 Å². The number of nitrogens with one attached hydrogen (secondary N) is 1. The summed E-state index contributed by atoms with van der Waals surface area (Å²) in [6, 6.07) is 11.4. The summed E-state index contributed by atoms with van der Waals surface area (Å²) in [7, 11) is 0. The molecule has 0 radical (unpaired) electrons. The first kappa shape index (κ1) is 16.0. The van der Waals surface area contributed by atoms with Gasteiger partial charge in [0.2, 0.25) is 0 Å². The van der Waals surface area contributed by atoms with E-state index in [4.69, 9.17) is 11.6 Å². The summed E-state index contributed by atoms with van der Waals surface area (Å²) in [5.74, 6) is -0.356. The van der Waals surface area contributed by atoms with Crippen LogP contribution in [0.5, 0.6) is 0 Å². The van der Waals surface area contributed by atoms with Gasteiger partial charge in [-0.05, 0) is 55.1 Å². The van der Waals surface area contributed by atoms with Crippen molar-refractivity contribution in [2.45, 2.75) is 33.2 Å². The predicted octanol–water partition coefficient (Wildman–Crippen LogP) is 4.99. The van der Waals surface area contributed by atoms with E-state index in [-0.39, 0.29) is 16.9 Å². The Morgan fingerprint density at radius 3 is 2.57 bits per heavy atom. The van der Waals surface area contributed by atoms with Crippen LogP contribution >= 0.6 is 11.6 Å². The number of rotatable bonds is 5. The summed E-state index contributed by atoms with van der Waals surface area (Å²) < 4.78 is 13.6. The molecule has 0 saturated carbocycles. The highest BCUT2D eigenvalue weighted by Gasteiger charge is 2.16. The van der Waals surface area contributed by atoms with Crippen molar-refractivity contribution in [2.24, 2.45) is 0 Å². The molecule has 0 aliphatic rings. The molecule has 3 heteroatoms. The Morgan fingerprint density at radius 2 is 1.86 bits per heavy atom. The van der Waals surface area contributed by atoms with E-state index in [1.165, 1.54) is 22.8 Å². The van der Waals surface area contributed by atoms with Crippen LogP contribution in [-0.4, -0.2) is 6.54 Å². The summed E-state index contributed by atoms with van der Waals surface area (Å²) in [4.78, 5) is 0. The minimum atomic E-state index is -0.356. The van der Waals surface area contributed by atoms with Crippen molar-refractivity contribution < 1.29 is 4.39 Å². The van der Waals surface area contributed by atoms with Gasteiger partial charge in [-0.3, -0.25) is 0 Å². The van der Waals surface area contributed by atoms with Gasteiger partial charge in [-0.2, -0.15) is 0 Å². The quantitative estimate of drug-likeness (QED) is 0.820. The summed E-state index contributed by atoms with van der Waals surface area (Å²) in [6.07, 6.45) is 0.675. The predicted molar refractivity (Wildman–Crippen MR) is 87.4 cm³/mol. The Hall–Kier alpha value is -1.38. The normalized spacial score (nSPS) is 12.4. The fourth-order valence-electron chi connectivity index (χ4n) is 2.62. The summed E-state index contributed by atoms with van der Waals surface area (Å²) in [5, 5.41) is 3.71. The second kappa shape index (κ2) is 7.06. The van der Waals surface area contributed by atoms with E-state index in [0.717, 1.165) is 12.1 Å². The first-order valence-electron chi connectivity index (χ1n) is 7.27. The Bertz CT molecular complexity index is 625. The molecule has 0 amide bonds. The highest BCUT2D eigenvalue weighted by molar-refractivity contribution is 6.31. The van der Waals surface area contributed by atoms with Crippen molar-refractivity contribution >= 4 is 11.6 Å². The van der Waals surface area contributed by atoms with Gasteiger partial charge in [-0.1, -0.05) is 48.9 Å². The standard InChI is InChI=1S/C18H21ClFN/c1-4-21-17(15-9-5-7-12(2)13(15)3)11-14-8-6-10-16(20)18(14)19/h5-10,17,21H,4,11H2,1-3H3. The van der Waals surface area contributed by atoms with Gasteiger partial charge >= 0.3 is 0 Å². The molecule has 0 heterocycles. The van der Waals surface area contributed by atoms with Gasteiger partial charge in [0.25, 0.3) is 0 Å². The van der Waals surface area contributed by atoms with Crippen LogP contribution < -0.4 is 5.32 Å². The summed E-state index contributed by atoms with van der Waals surface area (Å²) in [6.45, 7) is 7.16. The zero-order valence-corrected chi connectivity index (χ0v) is 13.5. The van der Waals surface area contributed by atoms with E-state index in [9.17, 15) is 4.39 Å². The van der Waals surface area contributed by atoms with E-state index in [2.05, 4.69) is 44.3 Å². The maximum atomic E-state index is 13.6. The molecule has 0 spiro atoms. The van der Waals surface area contributed by atoms with Crippen LogP contribution in [0.4, 0.5) is 4.39 Å². The fraction of sp³-hybridized carbons (Fsp3) is 0.333. The highest BCUT2D eigenvalue weighted by Crippen LogP contribution is 2.28. The molecule has 112 valence electrons. The summed E-state index contributed by atoms with van der Waals surface area (Å²) in [5.41, 5.74) is 4.62. The minimum absolute atomic E-state index is 0.134. The summed E-state index contributed by atoms with van der Waals surface area (Å²) >= 11 is 6.09. The van der Waals surface area contributed by atoms with Crippen LogP contribution in [0.2, 0.25) is 5.02 Å². The van der Waals surface area contributed by atoms with Crippen LogP contribution in [0.3, 0.4) is 0 Å². The number of likely N-dealkylation sites (N-methyl/N-ethyl adjacent to an activating group) is 1. The van der Waals surface area contributed by atoms with Gasteiger partial charge in [-0.25, -0.2) is 4.39 Å². The van der Waals surface area contributed by atoms with Gasteiger partial charge in [0.15, 0.2) is 0 Å². The molecule has 2 rings (SSSR count). The molecule has 1 N–H and O–H groups in total. The number of hydrogen-bond donors (Lipinski definition) is 1. The number of benzene rings is 2. The first-order valence-corrected chi connectivity index (χ1v) is 7.64. The minimum Gasteiger partial charge on any atom is -0.310 e. The lowest BCUT2D eigenvalue weighted by molar-refractivity contribution is 0.544. The Kier molecular flexibility index (Phi) is 5.38. The third-order valence-corrected chi connectivity index (χ3v) is 4.35. The number of hydrogen-bond acceptors (Lipinski definition) is 1. The molecule has 2 aromatic carbocycles. The Labute approximate surface area is 131 Å². The first-order chi connectivity index (χ1) is 10.0. The zero-order chi connectivity index (χ0) is 15.4. The van der Waals surface area contributed by atoms with Crippen molar-refractivity contribution in [1.82, 2.24) is 5.32 Å². The van der Waals surface area contributed by atoms with Crippen LogP contribution in [-0.2, 0) is 6.42 Å². The van der Waals surface area contributed by atoms with Crippen LogP contribution in [0.15, 0.2) is 36.4 Å². The van der Waals surface area contributed by atoms with Crippen molar-refractivity contribution in [2.75, 3.05) is 6.54 Å². The highest BCUT2D eigenvalue weighted by atomic mass is 35.5. The molecule has 1 atom stereocenters. The number of aryl methyl sites for hydroxylation is 1. The second-order valence-corrected chi connectivity index (χ2v) is 5.69. The molecule has 0 fully saturated rings. The molecule has 0 aliphatic carbocycles. The molecular weight excluding hydrogens is 285 g/mol. The van der Waals surface area contributed by atoms with Gasteiger partial charge in [0.1, 0.15) is 5.82 Å². The molecule has 2 aromatic rings. The van der Waals surface area contributed by atoms with Crippen molar-refractivity contribution in [1.29, 1.82) is 0 Å². The molecule has 1 nitrogen and oxygen atoms in total. The molecule has 0 aromatic heterocycles. The van der Waals surface area contributed by atoms with Gasteiger partial charge in [0, 0.05) is 6.04 Å². The third kappa shape index (κ3) is 3.63. The fourth-order valence-corrected chi connectivity index (χ4v) is 2.82. The Morgan fingerprint density at radius 1 is 1.14 bits per heavy atom. The van der Waals surface area contributed by atoms with E-state index >= 15 is 0 Å². The maximum absolute atomic E-state index is 13.6. The SMILES string of the molecule is CCNC(Cc1cccc(F)c1Cl)c1cccc(C)c1C. The average Bonchev–Trinajstić information content (AvgIpc) is 2.46. The molecule has 0 saturated heterocycles. The lowest BCUT2D eigenvalue weighted by Crippen LogP contribution is -2.24. The van der Waals surface area contributed by atoms with E-state index < -0.39 is 0 Å². The monoisotopic (exact) mass is 305 g/mol. The van der Waals surface area contributed by atoms with Crippen LogP contribution in [0, 0.1) is 19.7 Å². The smallest absolute Gasteiger partial charge is 0.142 e. The van der Waals surface area contributed by atoms with Gasteiger partial charge in [0.05, 0.1) is 5.02 Å². The topological polar surface area (TPSA) is 12.0 Å². The van der Waals surface area contributed by atoms with Crippen LogP contribution in [0.1, 0.15) is 35.2 Å². The van der Waals surface area contributed by atoms with Crippen molar-refractivity contribution in [3.63, 3.8) is 0 Å². The van der Waals surface area contributed by atoms with E-state index in [1.807, 2.05) is 6.07 Å². The van der Waals surface area contributed by atoms with Gasteiger partial charge in [-0.15, -0.1) is 0 Å². The second-order valence-electron chi connectivity index (χ2n) is 5.32. The van der Waals surface area contributed by atoms with Crippen molar-refractivity contribution in [3.8, 4) is 0 Å². The maximum Gasteiger partial charge on any atom is 0.142 e. The molecule has 0 aliphatic heterocycles. The van der Waals surface area contributed by atoms with E-state index in [1.54, 1.807) is 6.07 Å². The number of halogens is 2. The van der Waals surface area contributed by atoms with Crippen molar-refractivity contribution in [3.05, 3.63) is 69.5 Å². The Balaban J connectivity index is 2.35. The third-order valence-electron chi connectivity index (χ3n) is 3.93. The molecule has 21 heavy (non-hydrogen) atoms. The van der Waals surface area contributed by atoms with Crippen LogP contribution in [0.25, 0.3) is 0 Å². The molecular formula is C18H21ClFN. The average molecular weight is 306 g/mol. The lowest BCUT2D eigenvalue weighted by Gasteiger charge is -2.22.